The van der Waals surface area contributed by atoms with E-state index in [4.69, 9.17) is 8.83 Å². The molecule has 0 aliphatic heterocycles. The summed E-state index contributed by atoms with van der Waals surface area (Å²) in [5.41, 5.74) is 1.27. The Kier molecular flexibility index (Phi) is 3.94. The summed E-state index contributed by atoms with van der Waals surface area (Å²) >= 11 is 0. The minimum Gasteiger partial charge on any atom is -0.469 e. The average molecular weight is 275 g/mol. The smallest absolute Gasteiger partial charge is 0.132 e. The second-order valence-corrected chi connectivity index (χ2v) is 5.58. The predicted octanol–water partition coefficient (Wildman–Crippen LogP) is 3.35. The zero-order valence-corrected chi connectivity index (χ0v) is 11.7. The molecule has 2 heterocycles. The van der Waals surface area contributed by atoms with E-state index < -0.39 is 6.10 Å². The fraction of sp³-hybridized carbons (Fsp3) is 0.500. The fourth-order valence-electron chi connectivity index (χ4n) is 3.00. The molecule has 0 unspecified atom stereocenters. The molecule has 1 aliphatic carbocycles. The third-order valence-electron chi connectivity index (χ3n) is 3.99. The van der Waals surface area contributed by atoms with Gasteiger partial charge in [0.25, 0.3) is 0 Å². The zero-order chi connectivity index (χ0) is 13.9. The molecule has 2 aromatic rings. The molecule has 2 N–H and O–H groups in total. The van der Waals surface area contributed by atoms with Crippen LogP contribution in [0.4, 0.5) is 0 Å². The maximum Gasteiger partial charge on any atom is 0.132 e. The van der Waals surface area contributed by atoms with Crippen LogP contribution in [0.5, 0.6) is 0 Å². The number of aliphatic hydroxyl groups excluding tert-OH is 1. The highest BCUT2D eigenvalue weighted by Gasteiger charge is 2.24. The second kappa shape index (κ2) is 5.85. The van der Waals surface area contributed by atoms with E-state index in [0.717, 1.165) is 25.0 Å². The van der Waals surface area contributed by atoms with E-state index in [1.807, 2.05) is 6.07 Å². The van der Waals surface area contributed by atoms with E-state index in [2.05, 4.69) is 18.3 Å². The normalized spacial score (nSPS) is 21.4. The SMILES string of the molecule is C[C@H](C[C@@H](O)c1ccco1)N[C@H]1CCCc2occc21. The van der Waals surface area contributed by atoms with Crippen LogP contribution in [0.25, 0.3) is 0 Å². The van der Waals surface area contributed by atoms with Crippen molar-refractivity contribution in [2.24, 2.45) is 0 Å². The van der Waals surface area contributed by atoms with Crippen molar-refractivity contribution in [3.05, 3.63) is 47.8 Å². The molecule has 108 valence electrons. The first kappa shape index (κ1) is 13.5. The van der Waals surface area contributed by atoms with Gasteiger partial charge in [-0.15, -0.1) is 0 Å². The first-order valence-electron chi connectivity index (χ1n) is 7.28. The maximum absolute atomic E-state index is 10.1. The number of fused-ring (bicyclic) bond motifs is 1. The van der Waals surface area contributed by atoms with E-state index in [-0.39, 0.29) is 6.04 Å². The Hall–Kier alpha value is -1.52. The molecule has 0 amide bonds. The molecule has 0 saturated carbocycles. The van der Waals surface area contributed by atoms with Gasteiger partial charge in [0.05, 0.1) is 12.5 Å². The molecule has 0 radical (unpaired) electrons. The molecular formula is C16H21NO3. The lowest BCUT2D eigenvalue weighted by atomic mass is 9.92. The first-order valence-corrected chi connectivity index (χ1v) is 7.28. The highest BCUT2D eigenvalue weighted by atomic mass is 16.4. The van der Waals surface area contributed by atoms with Crippen LogP contribution in [0, 0.1) is 0 Å². The lowest BCUT2D eigenvalue weighted by Gasteiger charge is -2.27. The van der Waals surface area contributed by atoms with Gasteiger partial charge in [0, 0.05) is 24.1 Å². The van der Waals surface area contributed by atoms with Crippen molar-refractivity contribution in [2.45, 2.75) is 50.8 Å². The largest absolute Gasteiger partial charge is 0.469 e. The van der Waals surface area contributed by atoms with Gasteiger partial charge in [-0.2, -0.15) is 0 Å². The second-order valence-electron chi connectivity index (χ2n) is 5.58. The topological polar surface area (TPSA) is 58.5 Å². The van der Waals surface area contributed by atoms with Crippen LogP contribution in [0.1, 0.15) is 55.4 Å². The van der Waals surface area contributed by atoms with Gasteiger partial charge in [-0.25, -0.2) is 0 Å². The molecule has 1 aliphatic rings. The number of furan rings is 2. The van der Waals surface area contributed by atoms with Gasteiger partial charge in [-0.3, -0.25) is 0 Å². The summed E-state index contributed by atoms with van der Waals surface area (Å²) in [6.45, 7) is 2.10. The fourth-order valence-corrected chi connectivity index (χ4v) is 3.00. The molecule has 0 aromatic carbocycles. The minimum absolute atomic E-state index is 0.209. The van der Waals surface area contributed by atoms with Gasteiger partial charge < -0.3 is 19.3 Å². The Morgan fingerprint density at radius 2 is 2.25 bits per heavy atom. The number of hydrogen-bond acceptors (Lipinski definition) is 4. The van der Waals surface area contributed by atoms with Crippen LogP contribution in [-0.4, -0.2) is 11.1 Å². The van der Waals surface area contributed by atoms with Crippen molar-refractivity contribution in [1.82, 2.24) is 5.32 Å². The summed E-state index contributed by atoms with van der Waals surface area (Å²) in [6, 6.07) is 6.21. The molecule has 0 fully saturated rings. The van der Waals surface area contributed by atoms with Crippen molar-refractivity contribution in [3.8, 4) is 0 Å². The number of aliphatic hydroxyl groups is 1. The van der Waals surface area contributed by atoms with Crippen LogP contribution in [0.2, 0.25) is 0 Å². The molecule has 0 saturated heterocycles. The van der Waals surface area contributed by atoms with Crippen molar-refractivity contribution < 1.29 is 13.9 Å². The quantitative estimate of drug-likeness (QED) is 0.878. The Labute approximate surface area is 118 Å². The van der Waals surface area contributed by atoms with Crippen molar-refractivity contribution in [3.63, 3.8) is 0 Å². The van der Waals surface area contributed by atoms with Gasteiger partial charge >= 0.3 is 0 Å². The van der Waals surface area contributed by atoms with E-state index in [9.17, 15) is 5.11 Å². The molecule has 3 atom stereocenters. The third kappa shape index (κ3) is 2.81. The monoisotopic (exact) mass is 275 g/mol. The van der Waals surface area contributed by atoms with E-state index in [0.29, 0.717) is 18.2 Å². The van der Waals surface area contributed by atoms with Crippen LogP contribution in [-0.2, 0) is 6.42 Å². The zero-order valence-electron chi connectivity index (χ0n) is 11.7. The molecule has 4 heteroatoms. The molecule has 0 spiro atoms. The standard InChI is InChI=1S/C16H21NO3/c1-11(10-14(18)16-6-3-8-19-16)17-13-4-2-5-15-12(13)7-9-20-15/h3,6-9,11,13-14,17-18H,2,4-5,10H2,1H3/t11-,13+,14-/m1/s1. The van der Waals surface area contributed by atoms with Crippen LogP contribution < -0.4 is 5.32 Å². The van der Waals surface area contributed by atoms with Gasteiger partial charge in [0.15, 0.2) is 0 Å². The summed E-state index contributed by atoms with van der Waals surface area (Å²) in [7, 11) is 0. The number of rotatable bonds is 5. The van der Waals surface area contributed by atoms with Gasteiger partial charge in [-0.05, 0) is 44.4 Å². The Bertz CT molecular complexity index is 532. The Morgan fingerprint density at radius 3 is 3.05 bits per heavy atom. The Morgan fingerprint density at radius 1 is 1.35 bits per heavy atom. The summed E-state index contributed by atoms with van der Waals surface area (Å²) in [4.78, 5) is 0. The highest BCUT2D eigenvalue weighted by molar-refractivity contribution is 5.24. The van der Waals surface area contributed by atoms with Crippen molar-refractivity contribution in [1.29, 1.82) is 0 Å². The summed E-state index contributed by atoms with van der Waals surface area (Å²) in [6.07, 6.45) is 6.74. The molecule has 4 nitrogen and oxygen atoms in total. The summed E-state index contributed by atoms with van der Waals surface area (Å²) in [5.74, 6) is 1.74. The van der Waals surface area contributed by atoms with Crippen molar-refractivity contribution >= 4 is 0 Å². The lowest BCUT2D eigenvalue weighted by molar-refractivity contribution is 0.126. The predicted molar refractivity (Wildman–Crippen MR) is 75.3 cm³/mol. The van der Waals surface area contributed by atoms with E-state index >= 15 is 0 Å². The van der Waals surface area contributed by atoms with E-state index in [1.54, 1.807) is 18.6 Å². The maximum atomic E-state index is 10.1. The van der Waals surface area contributed by atoms with Crippen molar-refractivity contribution in [2.75, 3.05) is 0 Å². The molecule has 20 heavy (non-hydrogen) atoms. The van der Waals surface area contributed by atoms with Gasteiger partial charge in [0.1, 0.15) is 17.6 Å². The average Bonchev–Trinajstić information content (AvgIpc) is 3.10. The number of hydrogen-bond donors (Lipinski definition) is 2. The van der Waals surface area contributed by atoms with Gasteiger partial charge in [0.2, 0.25) is 0 Å². The van der Waals surface area contributed by atoms with E-state index in [1.165, 1.54) is 5.56 Å². The molecule has 0 bridgehead atoms. The summed E-state index contributed by atoms with van der Waals surface area (Å²) < 4.78 is 10.7. The van der Waals surface area contributed by atoms with Gasteiger partial charge in [-0.1, -0.05) is 0 Å². The van der Waals surface area contributed by atoms with Crippen LogP contribution in [0.3, 0.4) is 0 Å². The number of nitrogens with one attached hydrogen (secondary N) is 1. The molecular weight excluding hydrogens is 254 g/mol. The number of aryl methyl sites for hydroxylation is 1. The lowest BCUT2D eigenvalue weighted by Crippen LogP contribution is -2.33. The minimum atomic E-state index is -0.556. The third-order valence-corrected chi connectivity index (χ3v) is 3.99. The summed E-state index contributed by atoms with van der Waals surface area (Å²) in [5, 5.41) is 13.7. The van der Waals surface area contributed by atoms with Crippen LogP contribution in [0.15, 0.2) is 39.6 Å². The highest BCUT2D eigenvalue weighted by Crippen LogP contribution is 2.31. The first-order chi connectivity index (χ1) is 9.74. The Balaban J connectivity index is 1.59. The van der Waals surface area contributed by atoms with Crippen LogP contribution >= 0.6 is 0 Å². The molecule has 2 aromatic heterocycles. The molecule has 3 rings (SSSR count).